The van der Waals surface area contributed by atoms with Crippen LogP contribution in [0.4, 0.5) is 19.0 Å². The van der Waals surface area contributed by atoms with Gasteiger partial charge in [-0.15, -0.1) is 0 Å². The van der Waals surface area contributed by atoms with Gasteiger partial charge in [0.1, 0.15) is 5.82 Å². The zero-order valence-electron chi connectivity index (χ0n) is 22.6. The summed E-state index contributed by atoms with van der Waals surface area (Å²) in [4.78, 5) is 11.9. The van der Waals surface area contributed by atoms with E-state index in [0.29, 0.717) is 57.3 Å². The van der Waals surface area contributed by atoms with Crippen molar-refractivity contribution in [3.63, 3.8) is 0 Å². The first-order chi connectivity index (χ1) is 18.5. The van der Waals surface area contributed by atoms with Crippen LogP contribution in [0.1, 0.15) is 37.1 Å². The highest BCUT2D eigenvalue weighted by atomic mass is 19.4. The maximum absolute atomic E-state index is 14.5. The molecule has 0 bridgehead atoms. The molecular weight excluding hydrogens is 509 g/mol. The van der Waals surface area contributed by atoms with Crippen LogP contribution in [0.3, 0.4) is 0 Å². The van der Waals surface area contributed by atoms with Crippen molar-refractivity contribution in [2.24, 2.45) is 0 Å². The molecule has 1 unspecified atom stereocenters. The van der Waals surface area contributed by atoms with Gasteiger partial charge in [-0.1, -0.05) is 38.1 Å². The molecule has 2 fully saturated rings. The maximum atomic E-state index is 14.5. The fourth-order valence-corrected chi connectivity index (χ4v) is 5.66. The number of aliphatic hydroxyl groups is 1. The van der Waals surface area contributed by atoms with Gasteiger partial charge in [-0.2, -0.15) is 13.2 Å². The molecule has 3 aromatic rings. The number of hydrogen-bond acceptors (Lipinski definition) is 6. The fraction of sp³-hybridized carbons (Fsp3) is 0.552. The number of H-pyrrole nitrogens is 1. The number of aromatic nitrogens is 2. The van der Waals surface area contributed by atoms with Gasteiger partial charge in [-0.05, 0) is 35.1 Å². The third kappa shape index (κ3) is 6.40. The van der Waals surface area contributed by atoms with E-state index in [0.717, 1.165) is 35.4 Å². The molecule has 2 aliphatic heterocycles. The minimum Gasteiger partial charge on any atom is -0.380 e. The minimum atomic E-state index is -4.82. The Morgan fingerprint density at radius 2 is 1.67 bits per heavy atom. The van der Waals surface area contributed by atoms with Gasteiger partial charge in [0.15, 0.2) is 5.60 Å². The van der Waals surface area contributed by atoms with Gasteiger partial charge < -0.3 is 24.5 Å². The van der Waals surface area contributed by atoms with E-state index >= 15 is 0 Å². The second-order valence-electron chi connectivity index (χ2n) is 11.4. The molecular formula is C29H37F3N4O3. The van der Waals surface area contributed by atoms with Crippen LogP contribution in [0.15, 0.2) is 42.6 Å². The van der Waals surface area contributed by atoms with Gasteiger partial charge in [-0.25, -0.2) is 4.98 Å². The van der Waals surface area contributed by atoms with Gasteiger partial charge in [0.05, 0.1) is 38.1 Å². The summed E-state index contributed by atoms with van der Waals surface area (Å²) in [6.45, 7) is 9.92. The number of benzene rings is 1. The lowest BCUT2D eigenvalue weighted by atomic mass is 9.73. The van der Waals surface area contributed by atoms with Crippen molar-refractivity contribution in [1.82, 2.24) is 14.9 Å². The van der Waals surface area contributed by atoms with Crippen molar-refractivity contribution in [2.45, 2.75) is 50.4 Å². The van der Waals surface area contributed by atoms with Gasteiger partial charge in [-0.3, -0.25) is 4.90 Å². The summed E-state index contributed by atoms with van der Waals surface area (Å²) in [7, 11) is 0. The van der Waals surface area contributed by atoms with Gasteiger partial charge in [0, 0.05) is 50.2 Å². The van der Waals surface area contributed by atoms with E-state index in [4.69, 9.17) is 9.47 Å². The van der Waals surface area contributed by atoms with Crippen LogP contribution < -0.4 is 4.90 Å². The van der Waals surface area contributed by atoms with Crippen LogP contribution in [-0.4, -0.2) is 84.4 Å². The molecule has 2 saturated heterocycles. The summed E-state index contributed by atoms with van der Waals surface area (Å²) in [6.07, 6.45) is -4.23. The number of halogens is 3. The number of hydrogen-bond donors (Lipinski definition) is 2. The second kappa shape index (κ2) is 11.1. The number of pyridine rings is 1. The molecule has 2 aromatic heterocycles. The van der Waals surface area contributed by atoms with E-state index in [1.807, 2.05) is 30.3 Å². The van der Waals surface area contributed by atoms with E-state index in [-0.39, 0.29) is 0 Å². The number of ether oxygens (including phenoxy) is 2. The molecule has 7 nitrogen and oxygen atoms in total. The van der Waals surface area contributed by atoms with Crippen molar-refractivity contribution in [3.8, 4) is 0 Å². The number of alkyl halides is 3. The van der Waals surface area contributed by atoms with E-state index in [1.54, 1.807) is 26.1 Å². The van der Waals surface area contributed by atoms with Gasteiger partial charge in [0.25, 0.3) is 0 Å². The fourth-order valence-electron chi connectivity index (χ4n) is 5.66. The van der Waals surface area contributed by atoms with Crippen LogP contribution in [0.25, 0.3) is 10.9 Å². The molecule has 1 atom stereocenters. The van der Waals surface area contributed by atoms with Crippen molar-refractivity contribution < 1.29 is 27.8 Å². The van der Waals surface area contributed by atoms with Crippen molar-refractivity contribution >= 4 is 16.7 Å². The average molecular weight is 547 g/mol. The molecule has 5 rings (SSSR count). The third-order valence-corrected chi connectivity index (χ3v) is 7.84. The summed E-state index contributed by atoms with van der Waals surface area (Å²) >= 11 is 0. The normalized spacial score (nSPS) is 19.4. The first-order valence-electron chi connectivity index (χ1n) is 13.5. The highest BCUT2D eigenvalue weighted by Gasteiger charge is 2.56. The van der Waals surface area contributed by atoms with E-state index in [2.05, 4.69) is 19.8 Å². The molecule has 0 radical (unpaired) electrons. The monoisotopic (exact) mass is 546 g/mol. The van der Waals surface area contributed by atoms with E-state index in [1.165, 1.54) is 0 Å². The second-order valence-corrected chi connectivity index (χ2v) is 11.4. The highest BCUT2D eigenvalue weighted by Crippen LogP contribution is 2.43. The average Bonchev–Trinajstić information content (AvgIpc) is 3.30. The Balaban J connectivity index is 1.35. The Kier molecular flexibility index (Phi) is 7.92. The molecule has 0 aliphatic carbocycles. The quantitative estimate of drug-likeness (QED) is 0.436. The third-order valence-electron chi connectivity index (χ3n) is 7.84. The summed E-state index contributed by atoms with van der Waals surface area (Å²) in [5, 5.41) is 12.0. The van der Waals surface area contributed by atoms with Crippen LogP contribution in [0.5, 0.6) is 0 Å². The molecule has 0 spiro atoms. The predicted molar refractivity (Wildman–Crippen MR) is 144 cm³/mol. The summed E-state index contributed by atoms with van der Waals surface area (Å²) in [6, 6.07) is 11.3. The summed E-state index contributed by atoms with van der Waals surface area (Å²) < 4.78 is 54.2. The topological polar surface area (TPSA) is 73.9 Å². The molecule has 4 heterocycles. The van der Waals surface area contributed by atoms with Crippen molar-refractivity contribution in [3.05, 3.63) is 59.4 Å². The number of rotatable bonds is 8. The maximum Gasteiger partial charge on any atom is 0.417 e. The Hall–Kier alpha value is -2.66. The Bertz CT molecular complexity index is 1270. The number of nitrogens with zero attached hydrogens (tertiary/aromatic N) is 3. The first-order valence-corrected chi connectivity index (χ1v) is 13.5. The molecule has 39 heavy (non-hydrogen) atoms. The lowest BCUT2D eigenvalue weighted by molar-refractivity contribution is -0.266. The van der Waals surface area contributed by atoms with Crippen LogP contribution in [-0.2, 0) is 27.9 Å². The Labute approximate surface area is 226 Å². The van der Waals surface area contributed by atoms with Crippen LogP contribution in [0, 0.1) is 0 Å². The summed E-state index contributed by atoms with van der Waals surface area (Å²) in [5.41, 5.74) is -1.08. The van der Waals surface area contributed by atoms with Gasteiger partial charge in [0.2, 0.25) is 0 Å². The molecule has 0 saturated carbocycles. The number of anilines is 1. The predicted octanol–water partition coefficient (Wildman–Crippen LogP) is 4.44. The van der Waals surface area contributed by atoms with E-state index in [9.17, 15) is 18.3 Å². The highest BCUT2D eigenvalue weighted by molar-refractivity contribution is 5.82. The van der Waals surface area contributed by atoms with Gasteiger partial charge >= 0.3 is 6.18 Å². The Morgan fingerprint density at radius 3 is 2.36 bits per heavy atom. The number of aromatic amines is 1. The largest absolute Gasteiger partial charge is 0.417 e. The van der Waals surface area contributed by atoms with E-state index < -0.39 is 30.0 Å². The number of nitrogens with one attached hydrogen (secondary N) is 1. The standard InChI is InChI=1S/C29H37F3N4O3/c1-27(2,23-5-3-4-21(14-23)19-35-6-10-38-11-7-35)20-28(37,29(30,31)32)17-24-15-22-16-26(33-18-25(22)34-24)36-8-12-39-13-9-36/h3-5,14-16,18,34,37H,6-13,17,19-20H2,1-2H3. The minimum absolute atomic E-state index is 0.322. The zero-order valence-corrected chi connectivity index (χ0v) is 22.6. The van der Waals surface area contributed by atoms with Crippen LogP contribution >= 0.6 is 0 Å². The van der Waals surface area contributed by atoms with Crippen molar-refractivity contribution in [2.75, 3.05) is 57.5 Å². The lowest BCUT2D eigenvalue weighted by Crippen LogP contribution is -2.50. The SMILES string of the molecule is CC(C)(CC(O)(Cc1cc2cc(N3CCOCC3)ncc2[nH]1)C(F)(F)F)c1cccc(CN2CCOCC2)c1. The molecule has 2 N–H and O–H groups in total. The molecule has 10 heteroatoms. The molecule has 1 aromatic carbocycles. The number of fused-ring (bicyclic) bond motifs is 1. The van der Waals surface area contributed by atoms with Crippen LogP contribution in [0.2, 0.25) is 0 Å². The molecule has 2 aliphatic rings. The number of morpholine rings is 2. The summed E-state index contributed by atoms with van der Waals surface area (Å²) in [5.74, 6) is 0.764. The smallest absolute Gasteiger partial charge is 0.380 e. The zero-order chi connectivity index (χ0) is 27.7. The van der Waals surface area contributed by atoms with Crippen molar-refractivity contribution in [1.29, 1.82) is 0 Å². The molecule has 212 valence electrons. The lowest BCUT2D eigenvalue weighted by Gasteiger charge is -2.38. The first kappa shape index (κ1) is 27.9. The molecule has 0 amide bonds. The Morgan fingerprint density at radius 1 is 0.974 bits per heavy atom.